The Morgan fingerprint density at radius 3 is 2.53 bits per heavy atom. The van der Waals surface area contributed by atoms with Crippen LogP contribution in [0.25, 0.3) is 0 Å². The Balaban J connectivity index is 1.67. The molecule has 0 saturated carbocycles. The number of piperazine rings is 1. The summed E-state index contributed by atoms with van der Waals surface area (Å²) in [5, 5.41) is 12.3. The van der Waals surface area contributed by atoms with Gasteiger partial charge in [0.25, 0.3) is 5.91 Å². The predicted octanol–water partition coefficient (Wildman–Crippen LogP) is 3.79. The molecule has 30 heavy (non-hydrogen) atoms. The fourth-order valence-electron chi connectivity index (χ4n) is 3.60. The Morgan fingerprint density at radius 2 is 1.87 bits per heavy atom. The molecule has 1 saturated heterocycles. The average Bonchev–Trinajstić information content (AvgIpc) is 2.74. The van der Waals surface area contributed by atoms with E-state index in [1.165, 1.54) is 16.8 Å². The van der Waals surface area contributed by atoms with Gasteiger partial charge < -0.3 is 19.9 Å². The van der Waals surface area contributed by atoms with Crippen LogP contribution >= 0.6 is 0 Å². The summed E-state index contributed by atoms with van der Waals surface area (Å²) in [4.78, 5) is 17.1. The van der Waals surface area contributed by atoms with E-state index in [0.29, 0.717) is 11.4 Å². The number of rotatable bonds is 5. The summed E-state index contributed by atoms with van der Waals surface area (Å²) >= 11 is 0. The number of carbonyl (C=O) groups excluding carboxylic acids is 1. The normalized spacial score (nSPS) is 14.3. The molecule has 2 aromatic carbocycles. The van der Waals surface area contributed by atoms with Gasteiger partial charge in [-0.25, -0.2) is 0 Å². The van der Waals surface area contributed by atoms with Crippen LogP contribution in [0.4, 0.5) is 11.4 Å². The average molecular weight is 405 g/mol. The second kappa shape index (κ2) is 9.36. The number of anilines is 2. The first-order chi connectivity index (χ1) is 14.4. The number of methoxy groups -OCH3 is 1. The molecule has 1 aliphatic heterocycles. The van der Waals surface area contributed by atoms with Crippen LogP contribution in [0.2, 0.25) is 0 Å². The molecule has 6 heteroatoms. The molecule has 1 amide bonds. The molecular formula is C24H28N4O2. The second-order valence-electron chi connectivity index (χ2n) is 7.55. The summed E-state index contributed by atoms with van der Waals surface area (Å²) in [5.74, 6) is 0.131. The van der Waals surface area contributed by atoms with Crippen LogP contribution in [0.3, 0.4) is 0 Å². The van der Waals surface area contributed by atoms with Gasteiger partial charge in [0.05, 0.1) is 12.8 Å². The molecule has 0 aliphatic carbocycles. The second-order valence-corrected chi connectivity index (χ2v) is 7.55. The van der Waals surface area contributed by atoms with Gasteiger partial charge in [0.15, 0.2) is 0 Å². The van der Waals surface area contributed by atoms with Gasteiger partial charge in [-0.05, 0) is 55.7 Å². The molecule has 2 aromatic rings. The Hall–Kier alpha value is -3.46. The van der Waals surface area contributed by atoms with Crippen molar-refractivity contribution >= 4 is 17.3 Å². The number of hydrogen-bond donors (Lipinski definition) is 1. The fraction of sp³-hybridized carbons (Fsp3) is 0.333. The number of ether oxygens (including phenoxy) is 1. The summed E-state index contributed by atoms with van der Waals surface area (Å²) < 4.78 is 5.30. The van der Waals surface area contributed by atoms with Gasteiger partial charge in [0.1, 0.15) is 17.4 Å². The molecule has 1 aliphatic rings. The maximum atomic E-state index is 12.7. The minimum atomic E-state index is -0.432. The minimum absolute atomic E-state index is 0.0822. The highest BCUT2D eigenvalue weighted by Crippen LogP contribution is 2.26. The monoisotopic (exact) mass is 404 g/mol. The van der Waals surface area contributed by atoms with Gasteiger partial charge in [0, 0.05) is 38.1 Å². The van der Waals surface area contributed by atoms with Crippen molar-refractivity contribution in [3.63, 3.8) is 0 Å². The van der Waals surface area contributed by atoms with Crippen LogP contribution in [0, 0.1) is 32.1 Å². The van der Waals surface area contributed by atoms with E-state index in [1.54, 1.807) is 19.4 Å². The van der Waals surface area contributed by atoms with Crippen molar-refractivity contribution in [1.82, 2.24) is 4.90 Å². The lowest BCUT2D eigenvalue weighted by molar-refractivity contribution is -0.112. The number of nitrogens with zero attached hydrogens (tertiary/aromatic N) is 3. The van der Waals surface area contributed by atoms with Crippen molar-refractivity contribution in [2.75, 3.05) is 43.5 Å². The number of aryl methyl sites for hydroxylation is 2. The number of nitriles is 1. The third-order valence-electron chi connectivity index (χ3n) is 5.51. The third kappa shape index (κ3) is 4.74. The Morgan fingerprint density at radius 1 is 1.13 bits per heavy atom. The van der Waals surface area contributed by atoms with E-state index >= 15 is 0 Å². The highest BCUT2D eigenvalue weighted by Gasteiger charge is 2.19. The Bertz CT molecular complexity index is 999. The number of amides is 1. The number of nitrogens with one attached hydrogen (secondary N) is 1. The van der Waals surface area contributed by atoms with Gasteiger partial charge in [-0.1, -0.05) is 18.2 Å². The molecule has 3 rings (SSSR count). The lowest BCUT2D eigenvalue weighted by atomic mass is 10.1. The molecule has 0 bridgehead atoms. The quantitative estimate of drug-likeness (QED) is 0.607. The Kier molecular flexibility index (Phi) is 6.63. The lowest BCUT2D eigenvalue weighted by Crippen LogP contribution is -2.44. The van der Waals surface area contributed by atoms with Gasteiger partial charge in [0.2, 0.25) is 0 Å². The van der Waals surface area contributed by atoms with Crippen molar-refractivity contribution in [2.45, 2.75) is 20.8 Å². The smallest absolute Gasteiger partial charge is 0.267 e. The highest BCUT2D eigenvalue weighted by molar-refractivity contribution is 6.07. The zero-order valence-electron chi connectivity index (χ0n) is 18.0. The highest BCUT2D eigenvalue weighted by atomic mass is 16.5. The summed E-state index contributed by atoms with van der Waals surface area (Å²) in [7, 11) is 1.55. The van der Waals surface area contributed by atoms with Gasteiger partial charge >= 0.3 is 0 Å². The lowest BCUT2D eigenvalue weighted by Gasteiger charge is -2.36. The summed E-state index contributed by atoms with van der Waals surface area (Å²) in [6.07, 6.45) is 1.66. The maximum Gasteiger partial charge on any atom is 0.267 e. The first-order valence-electron chi connectivity index (χ1n) is 10.1. The summed E-state index contributed by atoms with van der Waals surface area (Å²) in [6.45, 7) is 9.39. The topological polar surface area (TPSA) is 68.6 Å². The molecule has 1 heterocycles. The van der Waals surface area contributed by atoms with Crippen LogP contribution in [0.1, 0.15) is 16.7 Å². The van der Waals surface area contributed by atoms with E-state index in [2.05, 4.69) is 42.3 Å². The molecule has 6 nitrogen and oxygen atoms in total. The fourth-order valence-corrected chi connectivity index (χ4v) is 3.60. The standard InChI is InChI=1S/C24H28N4O2/c1-17-8-9-23(30-4)21(14-17)26-24(29)20(15-25)16-27-10-12-28(13-11-27)22-7-5-6-18(2)19(22)3/h5-9,14,16H,10-13H2,1-4H3,(H,26,29)/b20-16-. The van der Waals surface area contributed by atoms with Crippen molar-refractivity contribution < 1.29 is 9.53 Å². The summed E-state index contributed by atoms with van der Waals surface area (Å²) in [5.41, 5.74) is 5.47. The third-order valence-corrected chi connectivity index (χ3v) is 5.51. The number of hydrogen-bond acceptors (Lipinski definition) is 5. The van der Waals surface area contributed by atoms with Crippen LogP contribution in [0.15, 0.2) is 48.2 Å². The van der Waals surface area contributed by atoms with Crippen molar-refractivity contribution in [3.05, 3.63) is 64.9 Å². The largest absolute Gasteiger partial charge is 0.495 e. The predicted molar refractivity (Wildman–Crippen MR) is 120 cm³/mol. The molecule has 0 aromatic heterocycles. The zero-order valence-corrected chi connectivity index (χ0v) is 18.0. The molecule has 0 radical (unpaired) electrons. The SMILES string of the molecule is COc1ccc(C)cc1NC(=O)/C(C#N)=C\N1CCN(c2cccc(C)c2C)CC1. The van der Waals surface area contributed by atoms with Crippen molar-refractivity contribution in [3.8, 4) is 11.8 Å². The van der Waals surface area contributed by atoms with Crippen LogP contribution in [-0.2, 0) is 4.79 Å². The Labute approximate surface area is 178 Å². The van der Waals surface area contributed by atoms with Crippen molar-refractivity contribution in [1.29, 1.82) is 5.26 Å². The van der Waals surface area contributed by atoms with Gasteiger partial charge in [-0.15, -0.1) is 0 Å². The molecule has 1 N–H and O–H groups in total. The number of benzene rings is 2. The molecule has 0 unspecified atom stereocenters. The van der Waals surface area contributed by atoms with Crippen LogP contribution in [-0.4, -0.2) is 44.1 Å². The van der Waals surface area contributed by atoms with Crippen molar-refractivity contribution in [2.24, 2.45) is 0 Å². The molecule has 0 spiro atoms. The molecule has 0 atom stereocenters. The zero-order chi connectivity index (χ0) is 21.7. The van der Waals surface area contributed by atoms with E-state index in [9.17, 15) is 10.1 Å². The number of carbonyl (C=O) groups is 1. The van der Waals surface area contributed by atoms with E-state index in [1.807, 2.05) is 30.0 Å². The van der Waals surface area contributed by atoms with E-state index in [0.717, 1.165) is 31.7 Å². The maximum absolute atomic E-state index is 12.7. The molecular weight excluding hydrogens is 376 g/mol. The minimum Gasteiger partial charge on any atom is -0.495 e. The van der Waals surface area contributed by atoms with E-state index in [4.69, 9.17) is 4.74 Å². The summed E-state index contributed by atoms with van der Waals surface area (Å²) in [6, 6.07) is 13.9. The molecule has 1 fully saturated rings. The van der Waals surface area contributed by atoms with Crippen LogP contribution in [0.5, 0.6) is 5.75 Å². The molecule has 156 valence electrons. The van der Waals surface area contributed by atoms with Gasteiger partial charge in [-0.2, -0.15) is 5.26 Å². The van der Waals surface area contributed by atoms with Crippen LogP contribution < -0.4 is 15.0 Å². The van der Waals surface area contributed by atoms with E-state index < -0.39 is 5.91 Å². The van der Waals surface area contributed by atoms with E-state index in [-0.39, 0.29) is 5.57 Å². The first kappa shape index (κ1) is 21.3. The first-order valence-corrected chi connectivity index (χ1v) is 10.1. The van der Waals surface area contributed by atoms with Gasteiger partial charge in [-0.3, -0.25) is 4.79 Å².